The number of likely N-dealkylation sites (tertiary alicyclic amines) is 1. The van der Waals surface area contributed by atoms with Crippen LogP contribution in [-0.4, -0.2) is 54.3 Å². The lowest BCUT2D eigenvalue weighted by atomic mass is 9.85. The normalized spacial score (nSPS) is 29.9. The summed E-state index contributed by atoms with van der Waals surface area (Å²) in [6, 6.07) is 3.50. The zero-order valence-electron chi connectivity index (χ0n) is 11.7. The van der Waals surface area contributed by atoms with Crippen LogP contribution >= 0.6 is 0 Å². The van der Waals surface area contributed by atoms with E-state index < -0.39 is 0 Å². The monoisotopic (exact) mass is 276 g/mol. The SMILES string of the molecule is CO[C@H]1CN(C(=O)c2ccncc2)CC[C@@]12CCCO2. The predicted octanol–water partition coefficient (Wildman–Crippen LogP) is 1.49. The largest absolute Gasteiger partial charge is 0.377 e. The number of ether oxygens (including phenoxy) is 2. The standard InChI is InChI=1S/C15H20N2O3/c1-19-13-11-17(9-6-15(13)5-2-10-20-15)14(18)12-3-7-16-8-4-12/h3-4,7-8,13H,2,5-6,9-11H2,1H3/t13-,15-/m0/s1. The van der Waals surface area contributed by atoms with Crippen molar-refractivity contribution in [1.29, 1.82) is 0 Å². The van der Waals surface area contributed by atoms with Gasteiger partial charge in [0.2, 0.25) is 0 Å². The first-order valence-electron chi connectivity index (χ1n) is 7.11. The van der Waals surface area contributed by atoms with Crippen LogP contribution in [0.2, 0.25) is 0 Å². The Morgan fingerprint density at radius 2 is 2.25 bits per heavy atom. The van der Waals surface area contributed by atoms with Crippen molar-refractivity contribution in [1.82, 2.24) is 9.88 Å². The van der Waals surface area contributed by atoms with Gasteiger partial charge in [0.25, 0.3) is 5.91 Å². The minimum atomic E-state index is -0.177. The average molecular weight is 276 g/mol. The molecular weight excluding hydrogens is 256 g/mol. The van der Waals surface area contributed by atoms with Crippen LogP contribution in [0, 0.1) is 0 Å². The fraction of sp³-hybridized carbons (Fsp3) is 0.600. The van der Waals surface area contributed by atoms with Crippen molar-refractivity contribution >= 4 is 5.91 Å². The number of piperidine rings is 1. The third kappa shape index (κ3) is 2.31. The molecule has 0 N–H and O–H groups in total. The zero-order chi connectivity index (χ0) is 14.0. The van der Waals surface area contributed by atoms with Crippen molar-refractivity contribution in [2.45, 2.75) is 31.0 Å². The van der Waals surface area contributed by atoms with Crippen molar-refractivity contribution in [3.8, 4) is 0 Å². The maximum Gasteiger partial charge on any atom is 0.254 e. The fourth-order valence-electron chi connectivity index (χ4n) is 3.26. The van der Waals surface area contributed by atoms with Gasteiger partial charge in [0.05, 0.1) is 5.60 Å². The van der Waals surface area contributed by atoms with Gasteiger partial charge < -0.3 is 14.4 Å². The van der Waals surface area contributed by atoms with Gasteiger partial charge in [0.1, 0.15) is 6.10 Å². The number of hydrogen-bond acceptors (Lipinski definition) is 4. The second-order valence-corrected chi connectivity index (χ2v) is 5.48. The second kappa shape index (κ2) is 5.50. The lowest BCUT2D eigenvalue weighted by Gasteiger charge is -2.44. The second-order valence-electron chi connectivity index (χ2n) is 5.48. The first-order chi connectivity index (χ1) is 9.75. The Balaban J connectivity index is 1.73. The number of amides is 1. The molecule has 2 aliphatic rings. The van der Waals surface area contributed by atoms with Gasteiger partial charge in [-0.15, -0.1) is 0 Å². The number of aromatic nitrogens is 1. The lowest BCUT2D eigenvalue weighted by Crippen LogP contribution is -2.57. The van der Waals surface area contributed by atoms with E-state index in [2.05, 4.69) is 4.98 Å². The Kier molecular flexibility index (Phi) is 3.72. The number of carbonyl (C=O) groups is 1. The molecule has 5 nitrogen and oxygen atoms in total. The van der Waals surface area contributed by atoms with E-state index in [0.29, 0.717) is 12.1 Å². The Hall–Kier alpha value is -1.46. The molecule has 2 aliphatic heterocycles. The lowest BCUT2D eigenvalue weighted by molar-refractivity contribution is -0.136. The van der Waals surface area contributed by atoms with Crippen molar-refractivity contribution in [2.24, 2.45) is 0 Å². The Bertz CT molecular complexity index is 471. The highest BCUT2D eigenvalue weighted by Gasteiger charge is 2.47. The van der Waals surface area contributed by atoms with E-state index in [0.717, 1.165) is 32.4 Å². The van der Waals surface area contributed by atoms with Gasteiger partial charge >= 0.3 is 0 Å². The molecule has 0 aromatic carbocycles. The van der Waals surface area contributed by atoms with Crippen LogP contribution in [0.15, 0.2) is 24.5 Å². The molecule has 0 aliphatic carbocycles. The third-order valence-electron chi connectivity index (χ3n) is 4.41. The van der Waals surface area contributed by atoms with Gasteiger partial charge in [-0.2, -0.15) is 0 Å². The summed E-state index contributed by atoms with van der Waals surface area (Å²) in [5.74, 6) is 0.0438. The van der Waals surface area contributed by atoms with E-state index in [-0.39, 0.29) is 17.6 Å². The highest BCUT2D eigenvalue weighted by Crippen LogP contribution is 2.37. The van der Waals surface area contributed by atoms with Crippen molar-refractivity contribution in [3.05, 3.63) is 30.1 Å². The summed E-state index contributed by atoms with van der Waals surface area (Å²) in [7, 11) is 1.70. The Morgan fingerprint density at radius 3 is 2.90 bits per heavy atom. The molecule has 5 heteroatoms. The fourth-order valence-corrected chi connectivity index (χ4v) is 3.26. The first-order valence-corrected chi connectivity index (χ1v) is 7.11. The number of pyridine rings is 1. The van der Waals surface area contributed by atoms with Crippen molar-refractivity contribution < 1.29 is 14.3 Å². The molecule has 0 unspecified atom stereocenters. The van der Waals surface area contributed by atoms with E-state index in [4.69, 9.17) is 9.47 Å². The molecule has 0 bridgehead atoms. The minimum absolute atomic E-state index is 0.0375. The van der Waals surface area contributed by atoms with Gasteiger partial charge in [-0.3, -0.25) is 9.78 Å². The molecule has 3 rings (SSSR count). The van der Waals surface area contributed by atoms with Gasteiger partial charge in [-0.25, -0.2) is 0 Å². The minimum Gasteiger partial charge on any atom is -0.377 e. The Morgan fingerprint density at radius 1 is 1.45 bits per heavy atom. The molecule has 1 aromatic heterocycles. The zero-order valence-corrected chi connectivity index (χ0v) is 11.7. The molecule has 1 amide bonds. The summed E-state index contributed by atoms with van der Waals surface area (Å²) >= 11 is 0. The molecule has 3 heterocycles. The first kappa shape index (κ1) is 13.5. The molecule has 20 heavy (non-hydrogen) atoms. The van der Waals surface area contributed by atoms with Gasteiger partial charge in [-0.05, 0) is 31.4 Å². The summed E-state index contributed by atoms with van der Waals surface area (Å²) in [6.07, 6.45) is 6.21. The summed E-state index contributed by atoms with van der Waals surface area (Å²) < 4.78 is 11.6. The molecule has 2 atom stereocenters. The van der Waals surface area contributed by atoms with Crippen LogP contribution in [0.1, 0.15) is 29.6 Å². The van der Waals surface area contributed by atoms with E-state index in [9.17, 15) is 4.79 Å². The summed E-state index contributed by atoms with van der Waals surface area (Å²) in [5, 5.41) is 0. The summed E-state index contributed by atoms with van der Waals surface area (Å²) in [6.45, 7) is 2.12. The van der Waals surface area contributed by atoms with Gasteiger partial charge in [0.15, 0.2) is 0 Å². The highest BCUT2D eigenvalue weighted by molar-refractivity contribution is 5.94. The Labute approximate surface area is 118 Å². The number of hydrogen-bond donors (Lipinski definition) is 0. The maximum atomic E-state index is 12.5. The molecule has 0 radical (unpaired) electrons. The molecule has 2 saturated heterocycles. The molecule has 108 valence electrons. The topological polar surface area (TPSA) is 51.7 Å². The van der Waals surface area contributed by atoms with Crippen molar-refractivity contribution in [2.75, 3.05) is 26.8 Å². The van der Waals surface area contributed by atoms with Crippen molar-refractivity contribution in [3.63, 3.8) is 0 Å². The predicted molar refractivity (Wildman–Crippen MR) is 73.5 cm³/mol. The van der Waals surface area contributed by atoms with Crippen LogP contribution < -0.4 is 0 Å². The number of carbonyl (C=O) groups excluding carboxylic acids is 1. The number of rotatable bonds is 2. The third-order valence-corrected chi connectivity index (χ3v) is 4.41. The molecule has 0 saturated carbocycles. The van der Waals surface area contributed by atoms with Crippen LogP contribution in [0.4, 0.5) is 0 Å². The molecular formula is C15H20N2O3. The van der Waals surface area contributed by atoms with Crippen LogP contribution in [0.25, 0.3) is 0 Å². The number of methoxy groups -OCH3 is 1. The average Bonchev–Trinajstić information content (AvgIpc) is 2.97. The van der Waals surface area contributed by atoms with E-state index in [1.54, 1.807) is 31.6 Å². The molecule has 2 fully saturated rings. The number of nitrogens with zero attached hydrogens (tertiary/aromatic N) is 2. The summed E-state index contributed by atoms with van der Waals surface area (Å²) in [5.41, 5.74) is 0.502. The smallest absolute Gasteiger partial charge is 0.254 e. The maximum absolute atomic E-state index is 12.5. The van der Waals surface area contributed by atoms with Crippen LogP contribution in [-0.2, 0) is 9.47 Å². The van der Waals surface area contributed by atoms with E-state index in [1.807, 2.05) is 4.90 Å². The quantitative estimate of drug-likeness (QED) is 0.821. The molecule has 1 aromatic rings. The van der Waals surface area contributed by atoms with E-state index in [1.165, 1.54) is 0 Å². The van der Waals surface area contributed by atoms with Crippen LogP contribution in [0.3, 0.4) is 0 Å². The van der Waals surface area contributed by atoms with Crippen LogP contribution in [0.5, 0.6) is 0 Å². The summed E-state index contributed by atoms with van der Waals surface area (Å²) in [4.78, 5) is 18.3. The van der Waals surface area contributed by atoms with Gasteiger partial charge in [-0.1, -0.05) is 0 Å². The highest BCUT2D eigenvalue weighted by atomic mass is 16.5. The molecule has 1 spiro atoms. The van der Waals surface area contributed by atoms with Gasteiger partial charge in [0, 0.05) is 44.8 Å². The van der Waals surface area contributed by atoms with E-state index >= 15 is 0 Å².